The van der Waals surface area contributed by atoms with E-state index in [-0.39, 0.29) is 0 Å². The lowest BCUT2D eigenvalue weighted by Crippen LogP contribution is -2.41. The second-order valence-corrected chi connectivity index (χ2v) is 6.60. The summed E-state index contributed by atoms with van der Waals surface area (Å²) in [6.45, 7) is 8.25. The van der Waals surface area contributed by atoms with Crippen LogP contribution in [0.1, 0.15) is 65.7 Å². The van der Waals surface area contributed by atoms with Crippen molar-refractivity contribution in [3.63, 3.8) is 0 Å². The average molecular weight is 268 g/mol. The number of nitrogens with two attached hydrogens (primary N) is 1. The first-order valence-electron chi connectivity index (χ1n) is 8.04. The van der Waals surface area contributed by atoms with Gasteiger partial charge in [-0.25, -0.2) is 0 Å². The van der Waals surface area contributed by atoms with Gasteiger partial charge in [0.1, 0.15) is 0 Å². The summed E-state index contributed by atoms with van der Waals surface area (Å²) in [5, 5.41) is 0. The zero-order chi connectivity index (χ0) is 14.3. The summed E-state index contributed by atoms with van der Waals surface area (Å²) in [5.41, 5.74) is 5.57. The molecule has 0 aliphatic heterocycles. The Morgan fingerprint density at radius 2 is 1.84 bits per heavy atom. The second kappa shape index (κ2) is 8.57. The third kappa shape index (κ3) is 5.94. The summed E-state index contributed by atoms with van der Waals surface area (Å²) in [7, 11) is 0. The zero-order valence-corrected chi connectivity index (χ0v) is 13.0. The highest BCUT2D eigenvalue weighted by atomic mass is 16.2. The summed E-state index contributed by atoms with van der Waals surface area (Å²) in [4.78, 5) is 14.6. The molecule has 0 aromatic rings. The van der Waals surface area contributed by atoms with Gasteiger partial charge in [-0.3, -0.25) is 4.79 Å². The Morgan fingerprint density at radius 3 is 2.37 bits per heavy atom. The molecule has 1 aliphatic carbocycles. The van der Waals surface area contributed by atoms with Crippen LogP contribution in [0.25, 0.3) is 0 Å². The number of rotatable bonds is 8. The van der Waals surface area contributed by atoms with Crippen molar-refractivity contribution in [2.75, 3.05) is 13.1 Å². The van der Waals surface area contributed by atoms with Crippen molar-refractivity contribution >= 4 is 5.91 Å². The summed E-state index contributed by atoms with van der Waals surface area (Å²) < 4.78 is 0. The van der Waals surface area contributed by atoms with Crippen LogP contribution in [0.2, 0.25) is 0 Å². The minimum Gasteiger partial charge on any atom is -0.339 e. The predicted molar refractivity (Wildman–Crippen MR) is 80.9 cm³/mol. The van der Waals surface area contributed by atoms with Crippen molar-refractivity contribution in [1.29, 1.82) is 0 Å². The Labute approximate surface area is 118 Å². The molecule has 0 aromatic heterocycles. The van der Waals surface area contributed by atoms with Crippen LogP contribution in [0.3, 0.4) is 0 Å². The molecule has 1 aliphatic rings. The maximum atomic E-state index is 12.5. The third-order valence-electron chi connectivity index (χ3n) is 4.16. The molecule has 0 heterocycles. The van der Waals surface area contributed by atoms with Gasteiger partial charge in [0.2, 0.25) is 5.91 Å². The van der Waals surface area contributed by atoms with Crippen LogP contribution in [0.15, 0.2) is 0 Å². The van der Waals surface area contributed by atoms with Crippen LogP contribution in [-0.2, 0) is 4.79 Å². The predicted octanol–water partition coefficient (Wildman–Crippen LogP) is 3.18. The molecule has 1 fully saturated rings. The smallest absolute Gasteiger partial charge is 0.222 e. The summed E-state index contributed by atoms with van der Waals surface area (Å²) in [6, 6.07) is 0.514. The van der Waals surface area contributed by atoms with Crippen LogP contribution < -0.4 is 5.73 Å². The van der Waals surface area contributed by atoms with Crippen LogP contribution in [0.4, 0.5) is 0 Å². The summed E-state index contributed by atoms with van der Waals surface area (Å²) in [5.74, 6) is 1.49. The monoisotopic (exact) mass is 268 g/mol. The van der Waals surface area contributed by atoms with Crippen molar-refractivity contribution in [3.05, 3.63) is 0 Å². The summed E-state index contributed by atoms with van der Waals surface area (Å²) in [6.07, 6.45) is 7.70. The minimum atomic E-state index is 0.365. The van der Waals surface area contributed by atoms with E-state index in [1.54, 1.807) is 0 Å². The molecule has 1 saturated carbocycles. The van der Waals surface area contributed by atoms with Gasteiger partial charge in [0, 0.05) is 19.0 Å². The van der Waals surface area contributed by atoms with Gasteiger partial charge < -0.3 is 10.6 Å². The van der Waals surface area contributed by atoms with Crippen molar-refractivity contribution in [2.24, 2.45) is 17.6 Å². The van der Waals surface area contributed by atoms with E-state index < -0.39 is 0 Å². The lowest BCUT2D eigenvalue weighted by molar-refractivity contribution is -0.134. The van der Waals surface area contributed by atoms with Gasteiger partial charge in [0.05, 0.1) is 0 Å². The quantitative estimate of drug-likeness (QED) is 0.735. The molecule has 0 bridgehead atoms. The van der Waals surface area contributed by atoms with E-state index in [0.29, 0.717) is 30.2 Å². The SMILES string of the molecule is CC(C)CN(C(=O)CCC(C)CCN)C1CCCC1. The minimum absolute atomic E-state index is 0.365. The Balaban J connectivity index is 2.46. The van der Waals surface area contributed by atoms with E-state index in [2.05, 4.69) is 25.7 Å². The third-order valence-corrected chi connectivity index (χ3v) is 4.16. The lowest BCUT2D eigenvalue weighted by Gasteiger charge is -2.31. The first-order chi connectivity index (χ1) is 9.04. The first kappa shape index (κ1) is 16.5. The van der Waals surface area contributed by atoms with Crippen molar-refractivity contribution in [1.82, 2.24) is 4.90 Å². The fourth-order valence-corrected chi connectivity index (χ4v) is 3.01. The Kier molecular flexibility index (Phi) is 7.44. The van der Waals surface area contributed by atoms with Gasteiger partial charge >= 0.3 is 0 Å². The molecule has 0 aromatic carbocycles. The highest BCUT2D eigenvalue weighted by Gasteiger charge is 2.26. The number of carbonyl (C=O) groups is 1. The molecule has 1 rings (SSSR count). The number of hydrogen-bond acceptors (Lipinski definition) is 2. The van der Waals surface area contributed by atoms with Crippen LogP contribution >= 0.6 is 0 Å². The molecule has 0 saturated heterocycles. The van der Waals surface area contributed by atoms with Crippen LogP contribution in [0, 0.1) is 11.8 Å². The highest BCUT2D eigenvalue weighted by Crippen LogP contribution is 2.25. The molecule has 3 heteroatoms. The largest absolute Gasteiger partial charge is 0.339 e. The van der Waals surface area contributed by atoms with Gasteiger partial charge in [0.15, 0.2) is 0 Å². The topological polar surface area (TPSA) is 46.3 Å². The molecular formula is C16H32N2O. The van der Waals surface area contributed by atoms with Crippen molar-refractivity contribution < 1.29 is 4.79 Å². The fraction of sp³-hybridized carbons (Fsp3) is 0.938. The van der Waals surface area contributed by atoms with E-state index in [9.17, 15) is 4.79 Å². The van der Waals surface area contributed by atoms with Gasteiger partial charge in [0.25, 0.3) is 0 Å². The van der Waals surface area contributed by atoms with Gasteiger partial charge in [-0.15, -0.1) is 0 Å². The number of hydrogen-bond donors (Lipinski definition) is 1. The number of amides is 1. The molecule has 3 nitrogen and oxygen atoms in total. The maximum absolute atomic E-state index is 12.5. The normalized spacial score (nSPS) is 17.9. The zero-order valence-electron chi connectivity index (χ0n) is 13.0. The fourth-order valence-electron chi connectivity index (χ4n) is 3.01. The van der Waals surface area contributed by atoms with Crippen LogP contribution in [0.5, 0.6) is 0 Å². The molecule has 1 unspecified atom stereocenters. The average Bonchev–Trinajstić information content (AvgIpc) is 2.86. The van der Waals surface area contributed by atoms with Crippen molar-refractivity contribution in [3.8, 4) is 0 Å². The van der Waals surface area contributed by atoms with E-state index in [1.165, 1.54) is 25.7 Å². The Bertz CT molecular complexity index is 259. The summed E-state index contributed by atoms with van der Waals surface area (Å²) >= 11 is 0. The van der Waals surface area contributed by atoms with E-state index in [1.807, 2.05) is 0 Å². The van der Waals surface area contributed by atoms with Gasteiger partial charge in [-0.1, -0.05) is 33.6 Å². The second-order valence-electron chi connectivity index (χ2n) is 6.60. The van der Waals surface area contributed by atoms with E-state index in [0.717, 1.165) is 25.9 Å². The highest BCUT2D eigenvalue weighted by molar-refractivity contribution is 5.76. The number of nitrogens with zero attached hydrogens (tertiary/aromatic N) is 1. The van der Waals surface area contributed by atoms with Crippen LogP contribution in [-0.4, -0.2) is 29.9 Å². The number of carbonyl (C=O) groups excluding carboxylic acids is 1. The lowest BCUT2D eigenvalue weighted by atomic mass is 10.0. The Morgan fingerprint density at radius 1 is 1.21 bits per heavy atom. The maximum Gasteiger partial charge on any atom is 0.222 e. The molecule has 112 valence electrons. The molecule has 0 radical (unpaired) electrons. The Hall–Kier alpha value is -0.570. The van der Waals surface area contributed by atoms with E-state index >= 15 is 0 Å². The molecular weight excluding hydrogens is 236 g/mol. The van der Waals surface area contributed by atoms with E-state index in [4.69, 9.17) is 5.73 Å². The van der Waals surface area contributed by atoms with Gasteiger partial charge in [-0.05, 0) is 44.1 Å². The molecule has 0 spiro atoms. The molecule has 1 amide bonds. The molecule has 19 heavy (non-hydrogen) atoms. The molecule has 2 N–H and O–H groups in total. The molecule has 1 atom stereocenters. The van der Waals surface area contributed by atoms with Gasteiger partial charge in [-0.2, -0.15) is 0 Å². The standard InChI is InChI=1S/C16H32N2O/c1-13(2)12-18(15-6-4-5-7-15)16(19)9-8-14(3)10-11-17/h13-15H,4-12,17H2,1-3H3. The van der Waals surface area contributed by atoms with Crippen molar-refractivity contribution in [2.45, 2.75) is 71.8 Å². The first-order valence-corrected chi connectivity index (χ1v) is 8.04.